The van der Waals surface area contributed by atoms with E-state index in [1.807, 2.05) is 62.5 Å². The first-order valence-electron chi connectivity index (χ1n) is 7.53. The van der Waals surface area contributed by atoms with E-state index in [4.69, 9.17) is 23.2 Å². The molecule has 0 aliphatic heterocycles. The third kappa shape index (κ3) is 4.71. The van der Waals surface area contributed by atoms with Gasteiger partial charge in [-0.1, -0.05) is 47.5 Å². The Kier molecular flexibility index (Phi) is 6.05. The average molecular weight is 352 g/mol. The van der Waals surface area contributed by atoms with E-state index in [0.717, 1.165) is 16.7 Å². The molecule has 2 aromatic rings. The van der Waals surface area contributed by atoms with E-state index >= 15 is 0 Å². The summed E-state index contributed by atoms with van der Waals surface area (Å²) in [4.78, 5) is 12.2. The van der Waals surface area contributed by atoms with Crippen LogP contribution < -0.4 is 10.6 Å². The number of benzene rings is 2. The Balaban J connectivity index is 1.97. The fourth-order valence-corrected chi connectivity index (χ4v) is 3.20. The number of hydrogen-bond acceptors (Lipinski definition) is 1. The Morgan fingerprint density at radius 2 is 1.87 bits per heavy atom. The largest absolute Gasteiger partial charge is 0.332 e. The van der Waals surface area contributed by atoms with Gasteiger partial charge in [-0.15, -0.1) is 0 Å². The second-order valence-electron chi connectivity index (χ2n) is 5.74. The van der Waals surface area contributed by atoms with Crippen LogP contribution in [0.3, 0.4) is 0 Å². The van der Waals surface area contributed by atoms with Crippen molar-refractivity contribution in [2.45, 2.75) is 26.8 Å². The van der Waals surface area contributed by atoms with E-state index in [1.54, 1.807) is 0 Å². The molecule has 0 aliphatic rings. The van der Waals surface area contributed by atoms with Gasteiger partial charge in [0, 0.05) is 10.6 Å². The minimum Gasteiger partial charge on any atom is -0.332 e. The van der Waals surface area contributed by atoms with Crippen LogP contribution in [0.25, 0.3) is 0 Å². The number of carbonyl (C=O) groups is 1. The minimum atomic E-state index is -0.0854. The summed E-state index contributed by atoms with van der Waals surface area (Å²) in [6.45, 7) is 6.24. The first-order chi connectivity index (χ1) is 10.9. The number of quaternary nitrogens is 1. The molecule has 0 saturated carbocycles. The van der Waals surface area contributed by atoms with E-state index in [2.05, 4.69) is 5.32 Å². The number of rotatable bonds is 5. The van der Waals surface area contributed by atoms with Crippen molar-refractivity contribution < 1.29 is 10.1 Å². The molecule has 3 nitrogen and oxygen atoms in total. The molecule has 23 heavy (non-hydrogen) atoms. The van der Waals surface area contributed by atoms with Gasteiger partial charge in [-0.2, -0.15) is 0 Å². The second kappa shape index (κ2) is 7.82. The maximum atomic E-state index is 12.2. The maximum absolute atomic E-state index is 12.2. The standard InChI is InChI=1S/C18H20Cl2N2O/c1-11-8-12(2)18(16(20)9-11)22-17(23)10-21-13(3)14-6-4-5-7-15(14)19/h4-9,13,21H,10H2,1-3H3,(H,22,23)/p+1/t13-/m0/s1. The highest BCUT2D eigenvalue weighted by Gasteiger charge is 2.15. The van der Waals surface area contributed by atoms with Gasteiger partial charge in [-0.05, 0) is 44.0 Å². The van der Waals surface area contributed by atoms with Crippen LogP contribution in [0.5, 0.6) is 0 Å². The third-order valence-corrected chi connectivity index (χ3v) is 4.39. The van der Waals surface area contributed by atoms with Gasteiger partial charge in [0.1, 0.15) is 6.04 Å². The van der Waals surface area contributed by atoms with Crippen molar-refractivity contribution in [1.29, 1.82) is 0 Å². The minimum absolute atomic E-state index is 0.0854. The van der Waals surface area contributed by atoms with E-state index in [-0.39, 0.29) is 11.9 Å². The van der Waals surface area contributed by atoms with Gasteiger partial charge >= 0.3 is 0 Å². The average Bonchev–Trinajstić information content (AvgIpc) is 2.49. The molecule has 5 heteroatoms. The lowest BCUT2D eigenvalue weighted by Crippen LogP contribution is -2.86. The first-order valence-corrected chi connectivity index (χ1v) is 8.28. The Bertz CT molecular complexity index is 693. The van der Waals surface area contributed by atoms with Crippen LogP contribution in [0, 0.1) is 13.8 Å². The van der Waals surface area contributed by atoms with E-state index < -0.39 is 0 Å². The quantitative estimate of drug-likeness (QED) is 0.843. The SMILES string of the molecule is Cc1cc(C)c(NC(=O)C[NH2+][C@@H](C)c2ccccc2Cl)c(Cl)c1. The summed E-state index contributed by atoms with van der Waals surface area (Å²) in [5.74, 6) is -0.0854. The smallest absolute Gasteiger partial charge is 0.279 e. The molecule has 0 radical (unpaired) electrons. The number of hydrogen-bond donors (Lipinski definition) is 2. The third-order valence-electron chi connectivity index (χ3n) is 3.75. The molecular formula is C18H21Cl2N2O+. The Morgan fingerprint density at radius 1 is 1.17 bits per heavy atom. The van der Waals surface area contributed by atoms with Gasteiger partial charge in [0.15, 0.2) is 6.54 Å². The van der Waals surface area contributed by atoms with Gasteiger partial charge in [0.05, 0.1) is 10.7 Å². The summed E-state index contributed by atoms with van der Waals surface area (Å²) >= 11 is 12.4. The maximum Gasteiger partial charge on any atom is 0.279 e. The molecule has 0 spiro atoms. The van der Waals surface area contributed by atoms with Crippen LogP contribution in [0.4, 0.5) is 5.69 Å². The molecule has 1 atom stereocenters. The topological polar surface area (TPSA) is 45.7 Å². The van der Waals surface area contributed by atoms with Crippen molar-refractivity contribution in [2.75, 3.05) is 11.9 Å². The molecule has 2 rings (SSSR count). The predicted octanol–water partition coefficient (Wildman–Crippen LogP) is 3.87. The van der Waals surface area contributed by atoms with Gasteiger partial charge in [-0.25, -0.2) is 0 Å². The molecule has 0 bridgehead atoms. The van der Waals surface area contributed by atoms with Crippen LogP contribution in [0.15, 0.2) is 36.4 Å². The molecule has 0 aliphatic carbocycles. The highest BCUT2D eigenvalue weighted by Crippen LogP contribution is 2.27. The highest BCUT2D eigenvalue weighted by atomic mass is 35.5. The highest BCUT2D eigenvalue weighted by molar-refractivity contribution is 6.34. The van der Waals surface area contributed by atoms with Crippen LogP contribution in [-0.4, -0.2) is 12.5 Å². The zero-order valence-corrected chi connectivity index (χ0v) is 15.0. The molecule has 0 heterocycles. The number of anilines is 1. The van der Waals surface area contributed by atoms with Gasteiger partial charge in [0.25, 0.3) is 5.91 Å². The molecule has 0 fully saturated rings. The van der Waals surface area contributed by atoms with E-state index in [9.17, 15) is 4.79 Å². The molecular weight excluding hydrogens is 331 g/mol. The Labute approximate surface area is 147 Å². The normalized spacial score (nSPS) is 12.0. The molecule has 0 aromatic heterocycles. The monoisotopic (exact) mass is 351 g/mol. The van der Waals surface area contributed by atoms with Crippen molar-refractivity contribution in [3.8, 4) is 0 Å². The van der Waals surface area contributed by atoms with Crippen LogP contribution in [0.2, 0.25) is 10.0 Å². The summed E-state index contributed by atoms with van der Waals surface area (Å²) in [6.07, 6.45) is 0. The second-order valence-corrected chi connectivity index (χ2v) is 6.55. The number of nitrogens with two attached hydrogens (primary N) is 1. The first kappa shape index (κ1) is 17.8. The van der Waals surface area contributed by atoms with Crippen molar-refractivity contribution in [3.63, 3.8) is 0 Å². The van der Waals surface area contributed by atoms with E-state index in [0.29, 0.717) is 22.3 Å². The summed E-state index contributed by atoms with van der Waals surface area (Å²) in [5.41, 5.74) is 3.74. The predicted molar refractivity (Wildman–Crippen MR) is 96.2 cm³/mol. The molecule has 0 unspecified atom stereocenters. The summed E-state index contributed by atoms with van der Waals surface area (Å²) in [6, 6.07) is 11.6. The Morgan fingerprint density at radius 3 is 2.52 bits per heavy atom. The zero-order valence-electron chi connectivity index (χ0n) is 13.5. The van der Waals surface area contributed by atoms with Crippen molar-refractivity contribution in [1.82, 2.24) is 0 Å². The van der Waals surface area contributed by atoms with Gasteiger partial charge in [0.2, 0.25) is 0 Å². The van der Waals surface area contributed by atoms with Crippen molar-refractivity contribution >= 4 is 34.8 Å². The fourth-order valence-electron chi connectivity index (χ4n) is 2.52. The van der Waals surface area contributed by atoms with Crippen LogP contribution in [0.1, 0.15) is 29.7 Å². The summed E-state index contributed by atoms with van der Waals surface area (Å²) in [5, 5.41) is 6.13. The number of amides is 1. The number of carbonyl (C=O) groups excluding carboxylic acids is 1. The molecule has 0 saturated heterocycles. The molecule has 122 valence electrons. The molecule has 1 amide bonds. The van der Waals surface area contributed by atoms with Crippen molar-refractivity contribution in [3.05, 3.63) is 63.1 Å². The zero-order chi connectivity index (χ0) is 17.0. The number of aryl methyl sites for hydroxylation is 2. The Hall–Kier alpha value is -1.55. The van der Waals surface area contributed by atoms with Crippen LogP contribution in [-0.2, 0) is 4.79 Å². The van der Waals surface area contributed by atoms with Crippen molar-refractivity contribution in [2.24, 2.45) is 0 Å². The lowest BCUT2D eigenvalue weighted by Gasteiger charge is -2.14. The summed E-state index contributed by atoms with van der Waals surface area (Å²) < 4.78 is 0. The number of nitrogens with one attached hydrogen (secondary N) is 1. The lowest BCUT2D eigenvalue weighted by atomic mass is 10.1. The number of halogens is 2. The van der Waals surface area contributed by atoms with E-state index in [1.165, 1.54) is 0 Å². The van der Waals surface area contributed by atoms with Gasteiger partial charge in [-0.3, -0.25) is 4.79 Å². The lowest BCUT2D eigenvalue weighted by molar-refractivity contribution is -0.682. The molecule has 2 aromatic carbocycles. The fraction of sp³-hybridized carbons (Fsp3) is 0.278. The van der Waals surface area contributed by atoms with Gasteiger partial charge < -0.3 is 10.6 Å². The van der Waals surface area contributed by atoms with Crippen LogP contribution >= 0.6 is 23.2 Å². The summed E-state index contributed by atoms with van der Waals surface area (Å²) in [7, 11) is 0. The molecule has 3 N–H and O–H groups in total.